The molecule has 1 rings (SSSR count). The first kappa shape index (κ1) is 13.2. The molecule has 0 spiro atoms. The molecule has 1 atom stereocenters. The van der Waals surface area contributed by atoms with Crippen LogP contribution in [0.25, 0.3) is 0 Å². The quantitative estimate of drug-likeness (QED) is 0.690. The van der Waals surface area contributed by atoms with Crippen LogP contribution in [0.1, 0.15) is 33.6 Å². The van der Waals surface area contributed by atoms with Gasteiger partial charge in [-0.3, -0.25) is 4.79 Å². The summed E-state index contributed by atoms with van der Waals surface area (Å²) in [5.41, 5.74) is 0.618. The Bertz CT molecular complexity index is 313. The van der Waals surface area contributed by atoms with Gasteiger partial charge in [0.2, 0.25) is 0 Å². The second-order valence-electron chi connectivity index (χ2n) is 4.97. The number of rotatable bonds is 6. The molecule has 2 heteroatoms. The lowest BCUT2D eigenvalue weighted by Crippen LogP contribution is -2.34. The molecular formula is C14H22O2. The highest BCUT2D eigenvalue weighted by Crippen LogP contribution is 2.36. The largest absolute Gasteiger partial charge is 0.383 e. The summed E-state index contributed by atoms with van der Waals surface area (Å²) < 4.78 is 5.21. The van der Waals surface area contributed by atoms with Crippen LogP contribution >= 0.6 is 0 Å². The molecule has 0 aliphatic heterocycles. The molecule has 0 saturated carbocycles. The lowest BCUT2D eigenvalue weighted by Gasteiger charge is -2.27. The fourth-order valence-corrected chi connectivity index (χ4v) is 2.06. The summed E-state index contributed by atoms with van der Waals surface area (Å²) in [6, 6.07) is 0. The number of methoxy groups -OCH3 is 1. The van der Waals surface area contributed by atoms with Crippen molar-refractivity contribution in [2.24, 2.45) is 11.3 Å². The third kappa shape index (κ3) is 2.62. The molecule has 0 heterocycles. The Labute approximate surface area is 98.4 Å². The maximum absolute atomic E-state index is 12.3. The summed E-state index contributed by atoms with van der Waals surface area (Å²) in [7, 11) is 1.65. The van der Waals surface area contributed by atoms with Gasteiger partial charge in [-0.05, 0) is 19.3 Å². The molecule has 0 bridgehead atoms. The van der Waals surface area contributed by atoms with Crippen LogP contribution in [0.5, 0.6) is 0 Å². The monoisotopic (exact) mass is 222 g/mol. The van der Waals surface area contributed by atoms with Crippen molar-refractivity contribution in [2.75, 3.05) is 13.7 Å². The molecule has 0 N–H and O–H groups in total. The van der Waals surface area contributed by atoms with E-state index in [1.807, 2.05) is 25.2 Å². The van der Waals surface area contributed by atoms with E-state index in [4.69, 9.17) is 4.74 Å². The minimum absolute atomic E-state index is 0.283. The lowest BCUT2D eigenvalue weighted by atomic mass is 9.78. The van der Waals surface area contributed by atoms with Crippen LogP contribution < -0.4 is 0 Å². The number of carbonyl (C=O) groups excluding carboxylic acids is 1. The molecule has 0 amide bonds. The van der Waals surface area contributed by atoms with Gasteiger partial charge in [0.05, 0.1) is 12.0 Å². The van der Waals surface area contributed by atoms with E-state index >= 15 is 0 Å². The average molecular weight is 222 g/mol. The van der Waals surface area contributed by atoms with E-state index in [0.717, 1.165) is 12.0 Å². The molecule has 0 aromatic rings. The van der Waals surface area contributed by atoms with Crippen LogP contribution in [-0.4, -0.2) is 19.5 Å². The minimum Gasteiger partial charge on any atom is -0.383 e. The summed E-state index contributed by atoms with van der Waals surface area (Å²) in [4.78, 5) is 12.3. The molecule has 0 aromatic carbocycles. The highest BCUT2D eigenvalue weighted by atomic mass is 16.5. The van der Waals surface area contributed by atoms with E-state index in [0.29, 0.717) is 18.9 Å². The van der Waals surface area contributed by atoms with E-state index in [9.17, 15) is 4.79 Å². The van der Waals surface area contributed by atoms with Crippen molar-refractivity contribution in [3.63, 3.8) is 0 Å². The van der Waals surface area contributed by atoms with Gasteiger partial charge in [0, 0.05) is 13.5 Å². The Morgan fingerprint density at radius 1 is 1.50 bits per heavy atom. The molecule has 1 aliphatic rings. The second kappa shape index (κ2) is 5.44. The van der Waals surface area contributed by atoms with Gasteiger partial charge in [-0.25, -0.2) is 0 Å². The highest BCUT2D eigenvalue weighted by Gasteiger charge is 2.38. The Kier molecular flexibility index (Phi) is 4.48. The van der Waals surface area contributed by atoms with Crippen molar-refractivity contribution >= 4 is 5.78 Å². The maximum atomic E-state index is 12.3. The Balaban J connectivity index is 2.75. The first-order chi connectivity index (χ1) is 7.53. The number of ether oxygens (including phenoxy) is 1. The number of hydrogen-bond donors (Lipinski definition) is 0. The van der Waals surface area contributed by atoms with Gasteiger partial charge >= 0.3 is 0 Å². The van der Waals surface area contributed by atoms with Gasteiger partial charge < -0.3 is 4.74 Å². The van der Waals surface area contributed by atoms with E-state index < -0.39 is 5.41 Å². The van der Waals surface area contributed by atoms with Gasteiger partial charge in [-0.1, -0.05) is 37.6 Å². The van der Waals surface area contributed by atoms with E-state index in [1.165, 1.54) is 0 Å². The molecule has 0 aromatic heterocycles. The molecule has 16 heavy (non-hydrogen) atoms. The summed E-state index contributed by atoms with van der Waals surface area (Å²) in [5.74, 6) is 0.851. The molecule has 2 nitrogen and oxygen atoms in total. The second-order valence-corrected chi connectivity index (χ2v) is 4.97. The highest BCUT2D eigenvalue weighted by molar-refractivity contribution is 5.91. The zero-order valence-corrected chi connectivity index (χ0v) is 10.7. The molecule has 90 valence electrons. The van der Waals surface area contributed by atoms with Crippen LogP contribution in [-0.2, 0) is 9.53 Å². The van der Waals surface area contributed by atoms with Crippen LogP contribution in [0.2, 0.25) is 0 Å². The van der Waals surface area contributed by atoms with Crippen molar-refractivity contribution in [3.8, 4) is 0 Å². The van der Waals surface area contributed by atoms with E-state index in [-0.39, 0.29) is 5.78 Å². The molecule has 1 aliphatic carbocycles. The molecule has 0 saturated heterocycles. The van der Waals surface area contributed by atoms with Gasteiger partial charge in [0.15, 0.2) is 0 Å². The first-order valence-electron chi connectivity index (χ1n) is 5.92. The standard InChI is InChI=1S/C14H22O2/c1-11(2)7-8-13(15)14(10-16-4)9-5-6-12(14)3/h5-6,9,11H,7-8,10H2,1-4H3. The van der Waals surface area contributed by atoms with Crippen molar-refractivity contribution in [1.29, 1.82) is 0 Å². The van der Waals surface area contributed by atoms with Crippen LogP contribution in [0.15, 0.2) is 23.8 Å². The third-order valence-electron chi connectivity index (χ3n) is 3.25. The Morgan fingerprint density at radius 2 is 2.19 bits per heavy atom. The van der Waals surface area contributed by atoms with Crippen LogP contribution in [0, 0.1) is 11.3 Å². The van der Waals surface area contributed by atoms with Gasteiger partial charge in [0.1, 0.15) is 5.78 Å². The Morgan fingerprint density at radius 3 is 2.62 bits per heavy atom. The maximum Gasteiger partial charge on any atom is 0.149 e. The molecule has 0 fully saturated rings. The number of carbonyl (C=O) groups is 1. The van der Waals surface area contributed by atoms with Crippen LogP contribution in [0.3, 0.4) is 0 Å². The summed E-state index contributed by atoms with van der Waals surface area (Å²) in [5, 5.41) is 0. The minimum atomic E-state index is -0.482. The fourth-order valence-electron chi connectivity index (χ4n) is 2.06. The van der Waals surface area contributed by atoms with E-state index in [1.54, 1.807) is 7.11 Å². The molecule has 0 radical (unpaired) electrons. The molecule has 1 unspecified atom stereocenters. The number of Topliss-reactive ketones (excluding diaryl/α,β-unsaturated/α-hetero) is 1. The number of hydrogen-bond acceptors (Lipinski definition) is 2. The predicted octanol–water partition coefficient (Wildman–Crippen LogP) is 3.14. The van der Waals surface area contributed by atoms with Crippen LogP contribution in [0.4, 0.5) is 0 Å². The summed E-state index contributed by atoms with van der Waals surface area (Å²) in [6.07, 6.45) is 7.53. The average Bonchev–Trinajstić information content (AvgIpc) is 2.58. The van der Waals surface area contributed by atoms with Crippen molar-refractivity contribution in [1.82, 2.24) is 0 Å². The molecular weight excluding hydrogens is 200 g/mol. The number of ketones is 1. The first-order valence-corrected chi connectivity index (χ1v) is 5.92. The van der Waals surface area contributed by atoms with Gasteiger partial charge in [0.25, 0.3) is 0 Å². The zero-order valence-electron chi connectivity index (χ0n) is 10.7. The number of allylic oxidation sites excluding steroid dienone is 2. The topological polar surface area (TPSA) is 26.3 Å². The van der Waals surface area contributed by atoms with Gasteiger partial charge in [-0.2, -0.15) is 0 Å². The SMILES string of the molecule is COCC1(C(=O)CCC(C)C)C=CC=C1C. The van der Waals surface area contributed by atoms with Crippen molar-refractivity contribution in [3.05, 3.63) is 23.8 Å². The summed E-state index contributed by atoms with van der Waals surface area (Å²) >= 11 is 0. The van der Waals surface area contributed by atoms with Crippen molar-refractivity contribution < 1.29 is 9.53 Å². The predicted molar refractivity (Wildman–Crippen MR) is 66.3 cm³/mol. The van der Waals surface area contributed by atoms with Gasteiger partial charge in [-0.15, -0.1) is 0 Å². The summed E-state index contributed by atoms with van der Waals surface area (Å²) in [6.45, 7) is 6.75. The Hall–Kier alpha value is -0.890. The third-order valence-corrected chi connectivity index (χ3v) is 3.25. The fraction of sp³-hybridized carbons (Fsp3) is 0.643. The lowest BCUT2D eigenvalue weighted by molar-refractivity contribution is -0.127. The smallest absolute Gasteiger partial charge is 0.149 e. The van der Waals surface area contributed by atoms with Crippen molar-refractivity contribution in [2.45, 2.75) is 33.6 Å². The van der Waals surface area contributed by atoms with E-state index in [2.05, 4.69) is 13.8 Å². The zero-order chi connectivity index (χ0) is 12.2. The normalized spacial score (nSPS) is 23.9.